The molecule has 2 aromatic rings. The van der Waals surface area contributed by atoms with Crippen LogP contribution in [0.1, 0.15) is 49.8 Å². The SMILES string of the molecule is CC(=O)OCCC[C@@H](N)C(=O)O[C@@H](Cc1c(Cl)cncc1Cl)c1ccc(OC(F)F)c(OCC2CC2)c1. The van der Waals surface area contributed by atoms with Gasteiger partial charge in [-0.05, 0) is 54.9 Å². The molecule has 0 bridgehead atoms. The summed E-state index contributed by atoms with van der Waals surface area (Å²) in [6, 6.07) is 3.33. The van der Waals surface area contributed by atoms with E-state index in [2.05, 4.69) is 9.72 Å². The molecule has 3 rings (SSSR count). The van der Waals surface area contributed by atoms with Crippen LogP contribution >= 0.6 is 23.2 Å². The van der Waals surface area contributed by atoms with Crippen molar-refractivity contribution in [3.05, 3.63) is 51.8 Å². The van der Waals surface area contributed by atoms with Crippen LogP contribution in [0.15, 0.2) is 30.6 Å². The Morgan fingerprint density at radius 3 is 2.49 bits per heavy atom. The highest BCUT2D eigenvalue weighted by Gasteiger charge is 2.27. The lowest BCUT2D eigenvalue weighted by Crippen LogP contribution is -2.34. The monoisotopic (exact) mass is 560 g/mol. The van der Waals surface area contributed by atoms with E-state index in [-0.39, 0.29) is 41.0 Å². The molecule has 202 valence electrons. The third-order valence-corrected chi connectivity index (χ3v) is 6.25. The molecule has 37 heavy (non-hydrogen) atoms. The van der Waals surface area contributed by atoms with Crippen molar-refractivity contribution < 1.29 is 37.3 Å². The second kappa shape index (κ2) is 13.7. The highest BCUT2D eigenvalue weighted by Crippen LogP contribution is 2.38. The number of aromatic nitrogens is 1. The normalized spacial score (nSPS) is 14.7. The average molecular weight is 561 g/mol. The van der Waals surface area contributed by atoms with E-state index in [4.69, 9.17) is 43.1 Å². The molecule has 0 unspecified atom stereocenters. The number of pyridine rings is 1. The molecule has 0 radical (unpaired) electrons. The van der Waals surface area contributed by atoms with Gasteiger partial charge in [-0.25, -0.2) is 0 Å². The number of nitrogens with zero attached hydrogens (tertiary/aromatic N) is 1. The first-order valence-corrected chi connectivity index (χ1v) is 12.5. The topological polar surface area (TPSA) is 110 Å². The van der Waals surface area contributed by atoms with Crippen molar-refractivity contribution >= 4 is 35.1 Å². The Bertz CT molecular complexity index is 1070. The van der Waals surface area contributed by atoms with Crippen molar-refractivity contribution in [3.8, 4) is 11.5 Å². The largest absolute Gasteiger partial charge is 0.489 e. The molecular formula is C25H28Cl2F2N2O6. The number of nitrogens with two attached hydrogens (primary N) is 1. The van der Waals surface area contributed by atoms with Gasteiger partial charge in [0.1, 0.15) is 12.1 Å². The minimum atomic E-state index is -3.04. The molecule has 8 nitrogen and oxygen atoms in total. The molecule has 2 atom stereocenters. The van der Waals surface area contributed by atoms with E-state index >= 15 is 0 Å². The van der Waals surface area contributed by atoms with Crippen LogP contribution in [-0.2, 0) is 25.5 Å². The molecule has 0 spiro atoms. The second-order valence-corrected chi connectivity index (χ2v) is 9.45. The number of rotatable bonds is 14. The first-order valence-electron chi connectivity index (χ1n) is 11.7. The summed E-state index contributed by atoms with van der Waals surface area (Å²) in [6.07, 6.45) is 4.52. The van der Waals surface area contributed by atoms with Crippen molar-refractivity contribution in [2.45, 2.75) is 57.8 Å². The molecule has 1 aliphatic rings. The van der Waals surface area contributed by atoms with Gasteiger partial charge in [-0.3, -0.25) is 14.6 Å². The van der Waals surface area contributed by atoms with Crippen LogP contribution in [0.5, 0.6) is 11.5 Å². The van der Waals surface area contributed by atoms with Gasteiger partial charge < -0.3 is 24.7 Å². The first-order chi connectivity index (χ1) is 17.6. The predicted octanol–water partition coefficient (Wildman–Crippen LogP) is 5.28. The number of hydrogen-bond acceptors (Lipinski definition) is 8. The number of ether oxygens (including phenoxy) is 4. The lowest BCUT2D eigenvalue weighted by molar-refractivity contribution is -0.151. The lowest BCUT2D eigenvalue weighted by Gasteiger charge is -2.23. The summed E-state index contributed by atoms with van der Waals surface area (Å²) in [6.45, 7) is -1.28. The summed E-state index contributed by atoms with van der Waals surface area (Å²) in [5.74, 6) is -0.810. The number of carbonyl (C=O) groups excluding carboxylic acids is 2. The zero-order valence-electron chi connectivity index (χ0n) is 20.1. The Morgan fingerprint density at radius 2 is 1.86 bits per heavy atom. The van der Waals surface area contributed by atoms with Crippen LogP contribution in [0.2, 0.25) is 10.0 Å². The Labute approximate surface area is 223 Å². The van der Waals surface area contributed by atoms with Crippen molar-refractivity contribution in [2.24, 2.45) is 11.7 Å². The lowest BCUT2D eigenvalue weighted by atomic mass is 10.0. The second-order valence-electron chi connectivity index (χ2n) is 8.64. The first kappa shape index (κ1) is 28.9. The highest BCUT2D eigenvalue weighted by molar-refractivity contribution is 6.35. The molecule has 0 amide bonds. The van der Waals surface area contributed by atoms with Crippen molar-refractivity contribution in [3.63, 3.8) is 0 Å². The molecule has 1 aromatic heterocycles. The van der Waals surface area contributed by atoms with Crippen LogP contribution in [0.3, 0.4) is 0 Å². The van der Waals surface area contributed by atoms with Gasteiger partial charge in [0.05, 0.1) is 23.3 Å². The van der Waals surface area contributed by atoms with Gasteiger partial charge in [0.25, 0.3) is 0 Å². The van der Waals surface area contributed by atoms with Gasteiger partial charge in [0.15, 0.2) is 11.5 Å². The molecule has 1 fully saturated rings. The van der Waals surface area contributed by atoms with Crippen molar-refractivity contribution in [1.29, 1.82) is 0 Å². The smallest absolute Gasteiger partial charge is 0.387 e. The number of halogens is 4. The van der Waals surface area contributed by atoms with E-state index in [1.165, 1.54) is 37.5 Å². The van der Waals surface area contributed by atoms with Crippen LogP contribution in [0, 0.1) is 5.92 Å². The minimum Gasteiger partial charge on any atom is -0.489 e. The minimum absolute atomic E-state index is 0.0587. The van der Waals surface area contributed by atoms with E-state index in [0.717, 1.165) is 12.8 Å². The highest BCUT2D eigenvalue weighted by atomic mass is 35.5. The van der Waals surface area contributed by atoms with Crippen LogP contribution in [0.25, 0.3) is 0 Å². The fraction of sp³-hybridized carbons (Fsp3) is 0.480. The van der Waals surface area contributed by atoms with Gasteiger partial charge in [-0.2, -0.15) is 8.78 Å². The van der Waals surface area contributed by atoms with E-state index in [9.17, 15) is 18.4 Å². The molecule has 1 saturated carbocycles. The van der Waals surface area contributed by atoms with Crippen LogP contribution < -0.4 is 15.2 Å². The van der Waals surface area contributed by atoms with Gasteiger partial charge in [0.2, 0.25) is 0 Å². The molecule has 1 heterocycles. The van der Waals surface area contributed by atoms with E-state index in [1.54, 1.807) is 0 Å². The van der Waals surface area contributed by atoms with Gasteiger partial charge >= 0.3 is 18.6 Å². The molecular weight excluding hydrogens is 533 g/mol. The van der Waals surface area contributed by atoms with Gasteiger partial charge in [-0.15, -0.1) is 0 Å². The number of benzene rings is 1. The van der Waals surface area contributed by atoms with Crippen LogP contribution in [-0.4, -0.2) is 42.8 Å². The Morgan fingerprint density at radius 1 is 1.16 bits per heavy atom. The maximum atomic E-state index is 13.0. The van der Waals surface area contributed by atoms with Crippen molar-refractivity contribution in [2.75, 3.05) is 13.2 Å². The molecule has 0 aliphatic heterocycles. The maximum absolute atomic E-state index is 13.0. The Hall–Kier alpha value is -2.69. The molecule has 1 aliphatic carbocycles. The third-order valence-electron chi connectivity index (χ3n) is 5.59. The fourth-order valence-corrected chi connectivity index (χ4v) is 3.95. The van der Waals surface area contributed by atoms with E-state index in [1.807, 2.05) is 0 Å². The molecule has 12 heteroatoms. The Balaban J connectivity index is 1.84. The maximum Gasteiger partial charge on any atom is 0.387 e. The standard InChI is InChI=1S/C25H28Cl2F2N2O6/c1-14(32)34-8-2-3-20(30)24(33)36-22(10-17-18(26)11-31-12-19(17)27)16-6-7-21(37-25(28)29)23(9-16)35-13-15-4-5-15/h6-7,9,11-12,15,20,22,25H,2-5,8,10,13,30H2,1H3/t20-,22+/m1/s1. The van der Waals surface area contributed by atoms with E-state index in [0.29, 0.717) is 30.1 Å². The van der Waals surface area contributed by atoms with Gasteiger partial charge in [0, 0.05) is 25.7 Å². The third kappa shape index (κ3) is 9.28. The number of esters is 2. The summed E-state index contributed by atoms with van der Waals surface area (Å²) in [4.78, 5) is 27.7. The average Bonchev–Trinajstić information content (AvgIpc) is 3.66. The summed E-state index contributed by atoms with van der Waals surface area (Å²) < 4.78 is 46.9. The molecule has 0 saturated heterocycles. The predicted molar refractivity (Wildman–Crippen MR) is 132 cm³/mol. The summed E-state index contributed by atoms with van der Waals surface area (Å²) in [5, 5.41) is 0.532. The zero-order valence-corrected chi connectivity index (χ0v) is 21.6. The molecule has 1 aromatic carbocycles. The quantitative estimate of drug-likeness (QED) is 0.245. The number of hydrogen-bond donors (Lipinski definition) is 1. The Kier molecular flexibility index (Phi) is 10.7. The van der Waals surface area contributed by atoms with E-state index < -0.39 is 30.7 Å². The summed E-state index contributed by atoms with van der Waals surface area (Å²) in [5.41, 5.74) is 6.93. The van der Waals surface area contributed by atoms with Crippen LogP contribution in [0.4, 0.5) is 8.78 Å². The van der Waals surface area contributed by atoms with Gasteiger partial charge in [-0.1, -0.05) is 29.3 Å². The summed E-state index contributed by atoms with van der Waals surface area (Å²) in [7, 11) is 0. The zero-order chi connectivity index (χ0) is 26.9. The summed E-state index contributed by atoms with van der Waals surface area (Å²) >= 11 is 12.6. The van der Waals surface area contributed by atoms with Crippen molar-refractivity contribution in [1.82, 2.24) is 4.98 Å². The number of carbonyl (C=O) groups is 2. The molecule has 2 N–H and O–H groups in total. The fourth-order valence-electron chi connectivity index (χ4n) is 3.43. The number of alkyl halides is 2.